The van der Waals surface area contributed by atoms with Crippen molar-refractivity contribution in [3.63, 3.8) is 0 Å². The number of aryl methyl sites for hydroxylation is 1. The Labute approximate surface area is 126 Å². The first-order chi connectivity index (χ1) is 9.32. The first kappa shape index (κ1) is 15.2. The summed E-state index contributed by atoms with van der Waals surface area (Å²) in [5.74, 6) is 0. The van der Waals surface area contributed by atoms with E-state index in [0.717, 1.165) is 17.1 Å². The molecule has 1 heterocycles. The fourth-order valence-corrected chi connectivity index (χ4v) is 3.32. The molecular weight excluding hydrogens is 264 g/mol. The predicted octanol–water partition coefficient (Wildman–Crippen LogP) is 4.69. The Bertz CT molecular complexity index is 574. The van der Waals surface area contributed by atoms with Gasteiger partial charge < -0.3 is 5.73 Å². The first-order valence-electron chi connectivity index (χ1n) is 7.19. The van der Waals surface area contributed by atoms with E-state index in [9.17, 15) is 0 Å². The zero-order valence-electron chi connectivity index (χ0n) is 13.0. The summed E-state index contributed by atoms with van der Waals surface area (Å²) in [4.78, 5) is 5.96. The lowest BCUT2D eigenvalue weighted by atomic mass is 9.87. The van der Waals surface area contributed by atoms with Crippen molar-refractivity contribution in [2.24, 2.45) is 5.73 Å². The van der Waals surface area contributed by atoms with Crippen LogP contribution >= 0.6 is 11.3 Å². The third-order valence-electron chi connectivity index (χ3n) is 3.47. The summed E-state index contributed by atoms with van der Waals surface area (Å²) in [6.07, 6.45) is 0.938. The van der Waals surface area contributed by atoms with Crippen molar-refractivity contribution < 1.29 is 0 Å². The van der Waals surface area contributed by atoms with Crippen LogP contribution in [-0.2, 0) is 11.8 Å². The molecule has 0 aliphatic heterocycles. The van der Waals surface area contributed by atoms with Crippen LogP contribution in [0.2, 0.25) is 0 Å². The summed E-state index contributed by atoms with van der Waals surface area (Å²) >= 11 is 1.72. The molecule has 2 rings (SSSR count). The van der Waals surface area contributed by atoms with Crippen molar-refractivity contribution >= 4 is 11.3 Å². The van der Waals surface area contributed by atoms with Crippen molar-refractivity contribution in [2.45, 2.75) is 52.5 Å². The Morgan fingerprint density at radius 1 is 1.20 bits per heavy atom. The van der Waals surface area contributed by atoms with Crippen LogP contribution in [0.15, 0.2) is 24.3 Å². The van der Waals surface area contributed by atoms with Gasteiger partial charge in [-0.2, -0.15) is 0 Å². The van der Waals surface area contributed by atoms with Gasteiger partial charge in [0.1, 0.15) is 5.01 Å². The van der Waals surface area contributed by atoms with Gasteiger partial charge in [-0.3, -0.25) is 0 Å². The number of nitrogens with two attached hydrogens (primary N) is 1. The average Bonchev–Trinajstić information content (AvgIpc) is 2.82. The first-order valence-corrected chi connectivity index (χ1v) is 8.00. The van der Waals surface area contributed by atoms with Crippen LogP contribution in [-0.4, -0.2) is 4.98 Å². The quantitative estimate of drug-likeness (QED) is 0.890. The van der Waals surface area contributed by atoms with Crippen LogP contribution in [0.5, 0.6) is 0 Å². The molecule has 0 aliphatic rings. The maximum absolute atomic E-state index is 6.03. The normalized spacial score (nSPS) is 13.5. The molecule has 1 atom stereocenters. The van der Waals surface area contributed by atoms with Crippen LogP contribution in [0.25, 0.3) is 10.6 Å². The molecule has 108 valence electrons. The van der Waals surface area contributed by atoms with Crippen molar-refractivity contribution in [3.05, 3.63) is 40.4 Å². The SMILES string of the molecule is CCc1nc(-c2ccc(C(C)(C)C)cc2)sc1C(C)N. The van der Waals surface area contributed by atoms with Gasteiger partial charge >= 0.3 is 0 Å². The number of aromatic nitrogens is 1. The number of thiazole rings is 1. The van der Waals surface area contributed by atoms with E-state index in [1.807, 2.05) is 6.92 Å². The molecule has 0 saturated heterocycles. The number of hydrogen-bond acceptors (Lipinski definition) is 3. The minimum Gasteiger partial charge on any atom is -0.323 e. The highest BCUT2D eigenvalue weighted by Crippen LogP contribution is 2.32. The van der Waals surface area contributed by atoms with Crippen molar-refractivity contribution in [2.75, 3.05) is 0 Å². The van der Waals surface area contributed by atoms with Gasteiger partial charge in [-0.1, -0.05) is 52.0 Å². The molecule has 0 bridgehead atoms. The van der Waals surface area contributed by atoms with Crippen LogP contribution in [0.4, 0.5) is 0 Å². The molecule has 0 amide bonds. The summed E-state index contributed by atoms with van der Waals surface area (Å²) in [7, 11) is 0. The van der Waals surface area contributed by atoms with Crippen molar-refractivity contribution in [1.29, 1.82) is 0 Å². The number of benzene rings is 1. The molecule has 2 N–H and O–H groups in total. The Morgan fingerprint density at radius 3 is 2.20 bits per heavy atom. The van der Waals surface area contributed by atoms with Crippen LogP contribution in [0, 0.1) is 0 Å². The molecule has 2 aromatic rings. The maximum Gasteiger partial charge on any atom is 0.123 e. The molecule has 0 aliphatic carbocycles. The number of rotatable bonds is 3. The van der Waals surface area contributed by atoms with Gasteiger partial charge in [0.2, 0.25) is 0 Å². The Morgan fingerprint density at radius 2 is 1.80 bits per heavy atom. The second-order valence-electron chi connectivity index (χ2n) is 6.30. The molecule has 0 saturated carbocycles. The summed E-state index contributed by atoms with van der Waals surface area (Å²) in [5.41, 5.74) is 9.89. The Kier molecular flexibility index (Phi) is 4.31. The predicted molar refractivity (Wildman–Crippen MR) is 88.2 cm³/mol. The molecule has 20 heavy (non-hydrogen) atoms. The van der Waals surface area contributed by atoms with Gasteiger partial charge in [-0.05, 0) is 24.3 Å². The Balaban J connectivity index is 2.37. The molecule has 1 aromatic heterocycles. The third kappa shape index (κ3) is 3.10. The van der Waals surface area contributed by atoms with Crippen molar-refractivity contribution in [1.82, 2.24) is 4.98 Å². The molecular formula is C17H24N2S. The minimum absolute atomic E-state index is 0.0602. The van der Waals surface area contributed by atoms with Crippen molar-refractivity contribution in [3.8, 4) is 10.6 Å². The second kappa shape index (κ2) is 5.66. The van der Waals surface area contributed by atoms with E-state index in [1.165, 1.54) is 16.0 Å². The van der Waals surface area contributed by atoms with Gasteiger partial charge in [0.05, 0.1) is 5.69 Å². The summed E-state index contributed by atoms with van der Waals surface area (Å²) in [6, 6.07) is 8.81. The lowest BCUT2D eigenvalue weighted by Gasteiger charge is -2.18. The van der Waals surface area contributed by atoms with E-state index in [0.29, 0.717) is 0 Å². The van der Waals surface area contributed by atoms with Gasteiger partial charge in [-0.15, -0.1) is 11.3 Å². The molecule has 1 aromatic carbocycles. The number of nitrogens with zero attached hydrogens (tertiary/aromatic N) is 1. The van der Waals surface area contributed by atoms with E-state index in [-0.39, 0.29) is 11.5 Å². The lowest BCUT2D eigenvalue weighted by Crippen LogP contribution is -2.10. The molecule has 0 spiro atoms. The number of hydrogen-bond donors (Lipinski definition) is 1. The molecule has 0 fully saturated rings. The lowest BCUT2D eigenvalue weighted by molar-refractivity contribution is 0.590. The fourth-order valence-electron chi connectivity index (χ4n) is 2.21. The summed E-state index contributed by atoms with van der Waals surface area (Å²) in [6.45, 7) is 10.9. The molecule has 3 heteroatoms. The van der Waals surface area contributed by atoms with Gasteiger partial charge in [0.15, 0.2) is 0 Å². The van der Waals surface area contributed by atoms with Crippen LogP contribution in [0.3, 0.4) is 0 Å². The van der Waals surface area contributed by atoms with Crippen LogP contribution < -0.4 is 5.73 Å². The highest BCUT2D eigenvalue weighted by atomic mass is 32.1. The molecule has 2 nitrogen and oxygen atoms in total. The fraction of sp³-hybridized carbons (Fsp3) is 0.471. The zero-order valence-corrected chi connectivity index (χ0v) is 13.8. The average molecular weight is 288 g/mol. The third-order valence-corrected chi connectivity index (χ3v) is 4.82. The van der Waals surface area contributed by atoms with E-state index in [2.05, 4.69) is 52.0 Å². The van der Waals surface area contributed by atoms with E-state index >= 15 is 0 Å². The monoisotopic (exact) mass is 288 g/mol. The smallest absolute Gasteiger partial charge is 0.123 e. The Hall–Kier alpha value is -1.19. The second-order valence-corrected chi connectivity index (χ2v) is 7.33. The summed E-state index contributed by atoms with van der Waals surface area (Å²) < 4.78 is 0. The standard InChI is InChI=1S/C17H24N2S/c1-6-14-15(11(2)18)20-16(19-14)12-7-9-13(10-8-12)17(3,4)5/h7-11H,6,18H2,1-5H3. The van der Waals surface area contributed by atoms with Gasteiger partial charge in [-0.25, -0.2) is 4.98 Å². The largest absolute Gasteiger partial charge is 0.323 e. The van der Waals surface area contributed by atoms with E-state index < -0.39 is 0 Å². The van der Waals surface area contributed by atoms with E-state index in [1.54, 1.807) is 11.3 Å². The highest BCUT2D eigenvalue weighted by Gasteiger charge is 2.16. The maximum atomic E-state index is 6.03. The van der Waals surface area contributed by atoms with Gasteiger partial charge in [0.25, 0.3) is 0 Å². The summed E-state index contributed by atoms with van der Waals surface area (Å²) in [5, 5.41) is 1.08. The zero-order chi connectivity index (χ0) is 14.9. The van der Waals surface area contributed by atoms with E-state index in [4.69, 9.17) is 10.7 Å². The van der Waals surface area contributed by atoms with Crippen LogP contribution in [0.1, 0.15) is 56.8 Å². The van der Waals surface area contributed by atoms with Gasteiger partial charge in [0, 0.05) is 16.5 Å². The molecule has 0 radical (unpaired) electrons. The minimum atomic E-state index is 0.0602. The molecule has 1 unspecified atom stereocenters. The topological polar surface area (TPSA) is 38.9 Å². The highest BCUT2D eigenvalue weighted by molar-refractivity contribution is 7.15.